The molecule has 0 rings (SSSR count). The zero-order valence-corrected chi connectivity index (χ0v) is 44.3. The number of carbonyl (C=O) groups excluding carboxylic acids is 2. The Morgan fingerprint density at radius 1 is 0.328 bits per heavy atom. The van der Waals surface area contributed by atoms with Gasteiger partial charge in [0.15, 0.2) is 9.84 Å². The van der Waals surface area contributed by atoms with Crippen molar-refractivity contribution in [2.24, 2.45) is 0 Å². The maximum Gasteiger partial charge on any atom is 0.306 e. The second-order valence-electron chi connectivity index (χ2n) is 20.1. The normalized spacial score (nSPS) is 12.2. The lowest BCUT2D eigenvalue weighted by Gasteiger charge is -2.18. The number of ether oxygens (including phenoxy) is 2. The third-order valence-electron chi connectivity index (χ3n) is 13.4. The zero-order chi connectivity index (χ0) is 46.7. The summed E-state index contributed by atoms with van der Waals surface area (Å²) in [6.45, 7) is 6.64. The summed E-state index contributed by atoms with van der Waals surface area (Å²) in [5.74, 6) is -0.891. The van der Waals surface area contributed by atoms with Crippen LogP contribution in [0.1, 0.15) is 329 Å². The molecule has 0 bridgehead atoms. The van der Waals surface area contributed by atoms with E-state index in [4.69, 9.17) is 9.47 Å². The van der Waals surface area contributed by atoms with Crippen LogP contribution in [0, 0.1) is 0 Å². The summed E-state index contributed by atoms with van der Waals surface area (Å²) < 4.78 is 37.7. The van der Waals surface area contributed by atoms with E-state index in [0.717, 1.165) is 57.8 Å². The van der Waals surface area contributed by atoms with Crippen LogP contribution in [0.5, 0.6) is 0 Å². The van der Waals surface area contributed by atoms with Crippen LogP contribution in [-0.4, -0.2) is 44.6 Å². The van der Waals surface area contributed by atoms with Crippen molar-refractivity contribution in [3.05, 3.63) is 0 Å². The van der Waals surface area contributed by atoms with Crippen LogP contribution in [-0.2, 0) is 28.9 Å². The van der Waals surface area contributed by atoms with Gasteiger partial charge in [0.1, 0.15) is 12.7 Å². The fourth-order valence-corrected chi connectivity index (χ4v) is 10.7. The number of rotatable bonds is 54. The summed E-state index contributed by atoms with van der Waals surface area (Å²) in [6, 6.07) is 0. The Balaban J connectivity index is 4.42. The number of hydrogen-bond acceptors (Lipinski definition) is 6. The zero-order valence-electron chi connectivity index (χ0n) is 43.5. The first-order valence-corrected chi connectivity index (χ1v) is 30.7. The summed E-state index contributed by atoms with van der Waals surface area (Å²) in [5, 5.41) is 0. The number of hydrogen-bond donors (Lipinski definition) is 0. The van der Waals surface area contributed by atoms with Crippen LogP contribution in [0.2, 0.25) is 0 Å². The van der Waals surface area contributed by atoms with Gasteiger partial charge in [-0.2, -0.15) is 0 Å². The molecule has 0 saturated carbocycles. The fraction of sp³-hybridized carbons (Fsp3) is 0.965. The quantitative estimate of drug-likeness (QED) is 0.0446. The molecule has 0 fully saturated rings. The minimum atomic E-state index is -3.46. The Morgan fingerprint density at radius 2 is 0.562 bits per heavy atom. The Labute approximate surface area is 400 Å². The molecule has 0 radical (unpaired) electrons. The minimum absolute atomic E-state index is 0.0889. The first-order chi connectivity index (χ1) is 31.3. The molecule has 0 saturated heterocycles. The highest BCUT2D eigenvalue weighted by atomic mass is 32.2. The van der Waals surface area contributed by atoms with Gasteiger partial charge >= 0.3 is 11.9 Å². The van der Waals surface area contributed by atoms with Crippen LogP contribution in [0.15, 0.2) is 0 Å². The van der Waals surface area contributed by atoms with Crippen molar-refractivity contribution in [2.75, 3.05) is 18.1 Å². The highest BCUT2D eigenvalue weighted by Crippen LogP contribution is 2.18. The summed E-state index contributed by atoms with van der Waals surface area (Å²) in [4.78, 5) is 25.6. The van der Waals surface area contributed by atoms with Crippen molar-refractivity contribution in [1.29, 1.82) is 0 Å². The van der Waals surface area contributed by atoms with Gasteiger partial charge in [0.05, 0.1) is 11.5 Å². The SMILES string of the molecule is CCCCCCCCCCCCCCCCCCS(=O)(=O)CC(COC(=O)CCCCCCCCCCCCCCCCC)OC(=O)CCCCCCCCCCCCCCCCC. The van der Waals surface area contributed by atoms with E-state index < -0.39 is 15.9 Å². The molecule has 6 nitrogen and oxygen atoms in total. The molecule has 0 aromatic heterocycles. The van der Waals surface area contributed by atoms with E-state index >= 15 is 0 Å². The molecule has 7 heteroatoms. The molecule has 1 atom stereocenters. The van der Waals surface area contributed by atoms with Gasteiger partial charge in [-0.05, 0) is 19.3 Å². The van der Waals surface area contributed by atoms with Crippen LogP contribution in [0.4, 0.5) is 0 Å². The van der Waals surface area contributed by atoms with E-state index in [0.29, 0.717) is 12.8 Å². The van der Waals surface area contributed by atoms with Gasteiger partial charge in [-0.1, -0.05) is 297 Å². The van der Waals surface area contributed by atoms with Gasteiger partial charge in [-0.25, -0.2) is 8.42 Å². The van der Waals surface area contributed by atoms with E-state index in [1.807, 2.05) is 0 Å². The molecule has 382 valence electrons. The Hall–Kier alpha value is -1.11. The molecule has 0 aliphatic rings. The summed E-state index contributed by atoms with van der Waals surface area (Å²) >= 11 is 0. The molecule has 0 aromatic rings. The molecular weight excluding hydrogens is 813 g/mol. The Morgan fingerprint density at radius 3 is 0.844 bits per heavy atom. The average Bonchev–Trinajstić information content (AvgIpc) is 3.27. The monoisotopic (exact) mass is 925 g/mol. The molecule has 0 spiro atoms. The van der Waals surface area contributed by atoms with Gasteiger partial charge in [0.25, 0.3) is 0 Å². The van der Waals surface area contributed by atoms with Crippen LogP contribution in [0.25, 0.3) is 0 Å². The molecule has 1 unspecified atom stereocenters. The molecule has 0 aliphatic heterocycles. The first-order valence-electron chi connectivity index (χ1n) is 28.9. The highest BCUT2D eigenvalue weighted by Gasteiger charge is 2.24. The second kappa shape index (κ2) is 51.3. The standard InChI is InChI=1S/C57H112O6S/c1-4-7-10-13-16-19-22-25-28-31-34-37-40-43-46-49-52-64(60,61)54-55(63-57(59)51-48-45-42-39-36-33-30-27-24-21-18-15-12-9-6-3)53-62-56(58)50-47-44-41-38-35-32-29-26-23-20-17-14-11-8-5-2/h55H,4-54H2,1-3H3. The molecule has 0 heterocycles. The molecular formula is C57H112O6S. The minimum Gasteiger partial charge on any atom is -0.462 e. The number of sulfone groups is 1. The van der Waals surface area contributed by atoms with Gasteiger partial charge in [0, 0.05) is 12.8 Å². The Bertz CT molecular complexity index is 1060. The maximum atomic E-state index is 13.2. The van der Waals surface area contributed by atoms with Crippen molar-refractivity contribution in [3.8, 4) is 0 Å². The largest absolute Gasteiger partial charge is 0.462 e. The van der Waals surface area contributed by atoms with Gasteiger partial charge in [-0.3, -0.25) is 9.59 Å². The first kappa shape index (κ1) is 62.9. The van der Waals surface area contributed by atoms with E-state index in [9.17, 15) is 18.0 Å². The number of unbranched alkanes of at least 4 members (excludes halogenated alkanes) is 43. The van der Waals surface area contributed by atoms with Gasteiger partial charge in [0.2, 0.25) is 0 Å². The topological polar surface area (TPSA) is 86.7 Å². The van der Waals surface area contributed by atoms with E-state index in [1.54, 1.807) is 0 Å². The van der Waals surface area contributed by atoms with E-state index in [1.165, 1.54) is 231 Å². The van der Waals surface area contributed by atoms with Crippen molar-refractivity contribution in [3.63, 3.8) is 0 Å². The van der Waals surface area contributed by atoms with Gasteiger partial charge in [-0.15, -0.1) is 0 Å². The Kier molecular flexibility index (Phi) is 50.4. The van der Waals surface area contributed by atoms with Crippen molar-refractivity contribution in [2.45, 2.75) is 335 Å². The van der Waals surface area contributed by atoms with Crippen molar-refractivity contribution < 1.29 is 27.5 Å². The van der Waals surface area contributed by atoms with E-state index in [-0.39, 0.29) is 36.5 Å². The maximum absolute atomic E-state index is 13.2. The van der Waals surface area contributed by atoms with Crippen LogP contribution < -0.4 is 0 Å². The van der Waals surface area contributed by atoms with Crippen LogP contribution in [0.3, 0.4) is 0 Å². The predicted molar refractivity (Wildman–Crippen MR) is 278 cm³/mol. The van der Waals surface area contributed by atoms with Gasteiger partial charge < -0.3 is 9.47 Å². The molecule has 0 aliphatic carbocycles. The predicted octanol–water partition coefficient (Wildman–Crippen LogP) is 18.6. The van der Waals surface area contributed by atoms with Crippen molar-refractivity contribution >= 4 is 21.8 Å². The highest BCUT2D eigenvalue weighted by molar-refractivity contribution is 7.91. The number of carbonyl (C=O) groups is 2. The summed E-state index contributed by atoms with van der Waals surface area (Å²) in [6.07, 6.45) is 57.5. The van der Waals surface area contributed by atoms with Crippen LogP contribution >= 0.6 is 0 Å². The molecule has 0 amide bonds. The lowest BCUT2D eigenvalue weighted by atomic mass is 10.0. The third-order valence-corrected chi connectivity index (χ3v) is 15.2. The smallest absolute Gasteiger partial charge is 0.306 e. The lowest BCUT2D eigenvalue weighted by molar-refractivity contribution is -0.157. The molecule has 64 heavy (non-hydrogen) atoms. The van der Waals surface area contributed by atoms with E-state index in [2.05, 4.69) is 20.8 Å². The summed E-state index contributed by atoms with van der Waals surface area (Å²) in [7, 11) is -3.46. The third kappa shape index (κ3) is 50.3. The van der Waals surface area contributed by atoms with Crippen molar-refractivity contribution in [1.82, 2.24) is 0 Å². The number of esters is 2. The molecule has 0 N–H and O–H groups in total. The summed E-state index contributed by atoms with van der Waals surface area (Å²) in [5.41, 5.74) is 0. The average molecular weight is 926 g/mol. The lowest BCUT2D eigenvalue weighted by Crippen LogP contribution is -2.33. The molecule has 0 aromatic carbocycles. The fourth-order valence-electron chi connectivity index (χ4n) is 9.14. The second-order valence-corrected chi connectivity index (χ2v) is 22.3.